The van der Waals surface area contributed by atoms with E-state index in [4.69, 9.17) is 4.74 Å². The number of hydrogen-bond donors (Lipinski definition) is 2. The number of aryl methyl sites for hydroxylation is 1. The Labute approximate surface area is 135 Å². The van der Waals surface area contributed by atoms with Crippen molar-refractivity contribution in [2.75, 3.05) is 11.9 Å². The first kappa shape index (κ1) is 15.8. The second-order valence-electron chi connectivity index (χ2n) is 7.25. The summed E-state index contributed by atoms with van der Waals surface area (Å²) in [5, 5.41) is 9.76. The van der Waals surface area contributed by atoms with Crippen molar-refractivity contribution in [2.45, 2.75) is 52.2 Å². The lowest BCUT2D eigenvalue weighted by Crippen LogP contribution is -2.38. The summed E-state index contributed by atoms with van der Waals surface area (Å²) in [5.41, 5.74) is 1.12. The van der Waals surface area contributed by atoms with E-state index in [2.05, 4.69) is 15.5 Å². The van der Waals surface area contributed by atoms with Crippen molar-refractivity contribution in [3.05, 3.63) is 11.9 Å². The van der Waals surface area contributed by atoms with E-state index < -0.39 is 5.60 Å². The van der Waals surface area contributed by atoms with E-state index in [0.717, 1.165) is 24.2 Å². The maximum Gasteiger partial charge on any atom is 0.410 e. The third kappa shape index (κ3) is 3.04. The minimum Gasteiger partial charge on any atom is -0.444 e. The van der Waals surface area contributed by atoms with Crippen LogP contribution in [0, 0.1) is 11.8 Å². The van der Waals surface area contributed by atoms with E-state index in [9.17, 15) is 9.59 Å². The summed E-state index contributed by atoms with van der Waals surface area (Å²) in [6, 6.07) is -0.0261. The molecule has 7 nitrogen and oxygen atoms in total. The first-order valence-electron chi connectivity index (χ1n) is 8.14. The number of hydrogen-bond acceptors (Lipinski definition) is 4. The molecule has 0 bridgehead atoms. The number of ether oxygens (including phenoxy) is 1. The number of nitrogens with zero attached hydrogens (tertiary/aromatic N) is 2. The molecule has 2 fully saturated rings. The molecule has 2 N–H and O–H groups in total. The van der Waals surface area contributed by atoms with Gasteiger partial charge >= 0.3 is 6.09 Å². The van der Waals surface area contributed by atoms with Gasteiger partial charge in [-0.3, -0.25) is 9.89 Å². The number of carbonyl (C=O) groups excluding carboxylic acids is 2. The number of anilines is 1. The first-order chi connectivity index (χ1) is 10.8. The highest BCUT2D eigenvalue weighted by molar-refractivity contribution is 5.96. The average Bonchev–Trinajstić information content (AvgIpc) is 2.83. The molecule has 3 rings (SSSR count). The molecular weight excluding hydrogens is 296 g/mol. The number of aromatic nitrogens is 2. The van der Waals surface area contributed by atoms with Crippen molar-refractivity contribution in [1.82, 2.24) is 15.1 Å². The molecule has 2 aliphatic rings. The van der Waals surface area contributed by atoms with Crippen molar-refractivity contribution >= 4 is 17.7 Å². The Morgan fingerprint density at radius 2 is 2.22 bits per heavy atom. The molecule has 2 heterocycles. The fourth-order valence-corrected chi connectivity index (χ4v) is 3.36. The van der Waals surface area contributed by atoms with Crippen molar-refractivity contribution in [3.63, 3.8) is 0 Å². The van der Waals surface area contributed by atoms with Crippen LogP contribution in [0.1, 0.15) is 39.8 Å². The first-order valence-corrected chi connectivity index (χ1v) is 8.14. The summed E-state index contributed by atoms with van der Waals surface area (Å²) in [6.45, 7) is 8.21. The van der Waals surface area contributed by atoms with Crippen molar-refractivity contribution in [3.8, 4) is 0 Å². The molecule has 7 heteroatoms. The van der Waals surface area contributed by atoms with E-state index in [1.807, 2.05) is 27.7 Å². The van der Waals surface area contributed by atoms with Crippen LogP contribution in [0.4, 0.5) is 10.5 Å². The van der Waals surface area contributed by atoms with Gasteiger partial charge in [0.15, 0.2) is 0 Å². The molecule has 1 aliphatic heterocycles. The molecule has 0 radical (unpaired) electrons. The third-order valence-corrected chi connectivity index (χ3v) is 4.45. The molecule has 0 spiro atoms. The lowest BCUT2D eigenvalue weighted by Gasteiger charge is -2.26. The van der Waals surface area contributed by atoms with Crippen LogP contribution in [-0.2, 0) is 16.0 Å². The Bertz CT molecular complexity index is 619. The summed E-state index contributed by atoms with van der Waals surface area (Å²) >= 11 is 0. The van der Waals surface area contributed by atoms with E-state index in [-0.39, 0.29) is 29.9 Å². The van der Waals surface area contributed by atoms with Gasteiger partial charge in [-0.25, -0.2) is 4.79 Å². The standard InChI is InChI=1S/C16H24N4O3/c1-5-10-11(8-17-19-10)18-14(21)12-9-6-7-20(13(9)12)15(22)23-16(2,3)4/h8-9,12-13H,5-7H2,1-4H3,(H,17,19)(H,18,21)/t9-,12-,13-/m1/s1. The molecule has 1 aromatic rings. The van der Waals surface area contributed by atoms with Gasteiger partial charge in [0.2, 0.25) is 5.91 Å². The highest BCUT2D eigenvalue weighted by Crippen LogP contribution is 2.51. The Hall–Kier alpha value is -2.05. The van der Waals surface area contributed by atoms with Gasteiger partial charge in [0.05, 0.1) is 29.5 Å². The second-order valence-corrected chi connectivity index (χ2v) is 7.25. The minimum atomic E-state index is -0.519. The van der Waals surface area contributed by atoms with Gasteiger partial charge in [-0.05, 0) is 39.5 Å². The molecule has 3 atom stereocenters. The number of H-pyrrole nitrogens is 1. The lowest BCUT2D eigenvalue weighted by molar-refractivity contribution is -0.118. The SMILES string of the molecule is CCc1[nH]ncc1NC(=O)[C@@H]1[C@H]2CCN(C(=O)OC(C)(C)C)[C@H]21. The van der Waals surface area contributed by atoms with Crippen molar-refractivity contribution < 1.29 is 14.3 Å². The smallest absolute Gasteiger partial charge is 0.410 e. The number of amides is 2. The van der Waals surface area contributed by atoms with Gasteiger partial charge in [-0.15, -0.1) is 0 Å². The Balaban J connectivity index is 1.61. The molecule has 1 aromatic heterocycles. The molecule has 0 unspecified atom stereocenters. The predicted molar refractivity (Wildman–Crippen MR) is 84.9 cm³/mol. The highest BCUT2D eigenvalue weighted by atomic mass is 16.6. The zero-order valence-electron chi connectivity index (χ0n) is 14.0. The number of fused-ring (bicyclic) bond motifs is 1. The van der Waals surface area contributed by atoms with Crippen LogP contribution in [0.2, 0.25) is 0 Å². The summed E-state index contributed by atoms with van der Waals surface area (Å²) in [4.78, 5) is 26.4. The number of carbonyl (C=O) groups is 2. The lowest BCUT2D eigenvalue weighted by atomic mass is 10.2. The minimum absolute atomic E-state index is 0.0261. The van der Waals surface area contributed by atoms with Crippen LogP contribution in [0.15, 0.2) is 6.20 Å². The molecule has 1 saturated carbocycles. The van der Waals surface area contributed by atoms with Crippen LogP contribution in [0.5, 0.6) is 0 Å². The molecule has 0 aromatic carbocycles. The normalized spacial score (nSPS) is 25.9. The van der Waals surface area contributed by atoms with Crippen LogP contribution in [0.3, 0.4) is 0 Å². The monoisotopic (exact) mass is 320 g/mol. The zero-order chi connectivity index (χ0) is 16.8. The topological polar surface area (TPSA) is 87.3 Å². The van der Waals surface area contributed by atoms with Crippen molar-refractivity contribution in [2.24, 2.45) is 11.8 Å². The van der Waals surface area contributed by atoms with E-state index in [1.165, 1.54) is 0 Å². The highest BCUT2D eigenvalue weighted by Gasteiger charge is 2.62. The molecular formula is C16H24N4O3. The molecule has 23 heavy (non-hydrogen) atoms. The van der Waals surface area contributed by atoms with Gasteiger partial charge in [0.1, 0.15) is 5.60 Å². The maximum atomic E-state index is 12.5. The summed E-state index contributed by atoms with van der Waals surface area (Å²) in [7, 11) is 0. The van der Waals surface area contributed by atoms with Gasteiger partial charge < -0.3 is 15.0 Å². The van der Waals surface area contributed by atoms with Gasteiger partial charge in [0.25, 0.3) is 0 Å². The predicted octanol–water partition coefficient (Wildman–Crippen LogP) is 2.17. The van der Waals surface area contributed by atoms with Crippen LogP contribution < -0.4 is 5.32 Å². The quantitative estimate of drug-likeness (QED) is 0.893. The number of rotatable bonds is 3. The van der Waals surface area contributed by atoms with Crippen LogP contribution in [-0.4, -0.2) is 45.3 Å². The van der Waals surface area contributed by atoms with Gasteiger partial charge in [0, 0.05) is 6.54 Å². The number of likely N-dealkylation sites (tertiary alicyclic amines) is 1. The third-order valence-electron chi connectivity index (χ3n) is 4.45. The van der Waals surface area contributed by atoms with Crippen LogP contribution >= 0.6 is 0 Å². The second kappa shape index (κ2) is 5.54. The molecule has 1 aliphatic carbocycles. The molecule has 1 saturated heterocycles. The molecule has 2 amide bonds. The van der Waals surface area contributed by atoms with Crippen LogP contribution in [0.25, 0.3) is 0 Å². The Morgan fingerprint density at radius 1 is 1.48 bits per heavy atom. The number of nitrogens with one attached hydrogen (secondary N) is 2. The summed E-state index contributed by atoms with van der Waals surface area (Å²) in [6.07, 6.45) is 2.93. The fourth-order valence-electron chi connectivity index (χ4n) is 3.36. The Morgan fingerprint density at radius 3 is 2.87 bits per heavy atom. The van der Waals surface area contributed by atoms with Crippen molar-refractivity contribution in [1.29, 1.82) is 0 Å². The van der Waals surface area contributed by atoms with E-state index in [1.54, 1.807) is 11.1 Å². The fraction of sp³-hybridized carbons (Fsp3) is 0.688. The summed E-state index contributed by atoms with van der Waals surface area (Å²) in [5.74, 6) is 0.0692. The van der Waals surface area contributed by atoms with Gasteiger partial charge in [-0.2, -0.15) is 5.10 Å². The average molecular weight is 320 g/mol. The number of aromatic amines is 1. The maximum absolute atomic E-state index is 12.5. The molecule has 126 valence electrons. The zero-order valence-corrected chi connectivity index (χ0v) is 14.0. The van der Waals surface area contributed by atoms with E-state index in [0.29, 0.717) is 6.54 Å². The van der Waals surface area contributed by atoms with E-state index >= 15 is 0 Å². The summed E-state index contributed by atoms with van der Waals surface area (Å²) < 4.78 is 5.43. The number of piperidine rings is 1. The largest absolute Gasteiger partial charge is 0.444 e. The Kier molecular flexibility index (Phi) is 3.82. The van der Waals surface area contributed by atoms with Gasteiger partial charge in [-0.1, -0.05) is 6.92 Å².